The second kappa shape index (κ2) is 5.31. The molecule has 1 amide bonds. The van der Waals surface area contributed by atoms with Gasteiger partial charge in [0.1, 0.15) is 11.6 Å². The highest BCUT2D eigenvalue weighted by Crippen LogP contribution is 2.33. The highest BCUT2D eigenvalue weighted by atomic mass is 16.2. The lowest BCUT2D eigenvalue weighted by atomic mass is 10.2. The third-order valence-corrected chi connectivity index (χ3v) is 4.02. The van der Waals surface area contributed by atoms with Crippen molar-refractivity contribution in [2.75, 3.05) is 17.2 Å². The van der Waals surface area contributed by atoms with E-state index in [1.807, 2.05) is 36.4 Å². The van der Waals surface area contributed by atoms with Gasteiger partial charge >= 0.3 is 0 Å². The summed E-state index contributed by atoms with van der Waals surface area (Å²) in [5, 5.41) is 0. The number of nitrogens with zero attached hydrogens (tertiary/aromatic N) is 4. The van der Waals surface area contributed by atoms with E-state index in [0.717, 1.165) is 11.1 Å². The Balaban J connectivity index is 1.73. The SMILES string of the molecule is Nc1nc(C2=CC=NC2)nc2c1CC(=O)N2Cc1ccccc1. The van der Waals surface area contributed by atoms with E-state index in [0.29, 0.717) is 36.1 Å². The van der Waals surface area contributed by atoms with E-state index in [-0.39, 0.29) is 12.3 Å². The quantitative estimate of drug-likeness (QED) is 0.933. The van der Waals surface area contributed by atoms with E-state index < -0.39 is 0 Å². The molecular weight excluding hydrogens is 290 g/mol. The zero-order chi connectivity index (χ0) is 15.8. The number of nitrogen functional groups attached to an aromatic ring is 1. The van der Waals surface area contributed by atoms with Crippen LogP contribution in [0.25, 0.3) is 5.57 Å². The van der Waals surface area contributed by atoms with Crippen LogP contribution in [-0.4, -0.2) is 28.6 Å². The van der Waals surface area contributed by atoms with Crippen molar-refractivity contribution in [3.8, 4) is 0 Å². The van der Waals surface area contributed by atoms with E-state index in [4.69, 9.17) is 5.73 Å². The van der Waals surface area contributed by atoms with Crippen molar-refractivity contribution in [1.29, 1.82) is 0 Å². The number of hydrogen-bond acceptors (Lipinski definition) is 5. The molecule has 4 rings (SSSR count). The number of aliphatic imine (C=N–C) groups is 1. The molecule has 2 N–H and O–H groups in total. The van der Waals surface area contributed by atoms with Gasteiger partial charge in [-0.3, -0.25) is 14.7 Å². The minimum absolute atomic E-state index is 0.00125. The van der Waals surface area contributed by atoms with E-state index in [2.05, 4.69) is 15.0 Å². The average Bonchev–Trinajstić information content (AvgIpc) is 3.19. The summed E-state index contributed by atoms with van der Waals surface area (Å²) in [4.78, 5) is 27.1. The molecule has 3 heterocycles. The summed E-state index contributed by atoms with van der Waals surface area (Å²) >= 11 is 0. The minimum Gasteiger partial charge on any atom is -0.383 e. The second-order valence-corrected chi connectivity index (χ2v) is 5.56. The van der Waals surface area contributed by atoms with Crippen molar-refractivity contribution < 1.29 is 4.79 Å². The first-order valence-electron chi connectivity index (χ1n) is 7.42. The van der Waals surface area contributed by atoms with E-state index >= 15 is 0 Å². The minimum atomic E-state index is -0.00125. The summed E-state index contributed by atoms with van der Waals surface area (Å²) in [6, 6.07) is 9.84. The summed E-state index contributed by atoms with van der Waals surface area (Å²) in [5.41, 5.74) is 8.74. The Morgan fingerprint density at radius 1 is 1.17 bits per heavy atom. The number of aromatic nitrogens is 2. The Labute approximate surface area is 133 Å². The zero-order valence-corrected chi connectivity index (χ0v) is 12.4. The van der Waals surface area contributed by atoms with Crippen LogP contribution in [0.15, 0.2) is 41.4 Å². The third kappa shape index (κ3) is 2.38. The van der Waals surface area contributed by atoms with Crippen molar-refractivity contribution in [3.63, 3.8) is 0 Å². The molecular formula is C17H15N5O. The maximum Gasteiger partial charge on any atom is 0.233 e. The lowest BCUT2D eigenvalue weighted by Crippen LogP contribution is -2.26. The van der Waals surface area contributed by atoms with Gasteiger partial charge in [-0.15, -0.1) is 0 Å². The lowest BCUT2D eigenvalue weighted by Gasteiger charge is -2.17. The van der Waals surface area contributed by atoms with Gasteiger partial charge in [0, 0.05) is 17.4 Å². The molecule has 0 fully saturated rings. The molecule has 1 aromatic carbocycles. The number of fused-ring (bicyclic) bond motifs is 1. The van der Waals surface area contributed by atoms with Crippen LogP contribution >= 0.6 is 0 Å². The molecule has 0 atom stereocenters. The van der Waals surface area contributed by atoms with Crippen LogP contribution in [0.5, 0.6) is 0 Å². The molecule has 0 saturated carbocycles. The van der Waals surface area contributed by atoms with Crippen molar-refractivity contribution in [3.05, 3.63) is 53.4 Å². The predicted octanol–water partition coefficient (Wildman–Crippen LogP) is 1.62. The molecule has 1 aromatic heterocycles. The average molecular weight is 305 g/mol. The molecule has 0 unspecified atom stereocenters. The van der Waals surface area contributed by atoms with Gasteiger partial charge in [-0.2, -0.15) is 0 Å². The first-order valence-corrected chi connectivity index (χ1v) is 7.42. The van der Waals surface area contributed by atoms with Crippen LogP contribution in [0.2, 0.25) is 0 Å². The number of anilines is 2. The van der Waals surface area contributed by atoms with Gasteiger partial charge in [0.15, 0.2) is 5.82 Å². The van der Waals surface area contributed by atoms with Crippen molar-refractivity contribution in [1.82, 2.24) is 9.97 Å². The Morgan fingerprint density at radius 2 is 2.00 bits per heavy atom. The lowest BCUT2D eigenvalue weighted by molar-refractivity contribution is -0.117. The fraction of sp³-hybridized carbons (Fsp3) is 0.176. The molecule has 0 spiro atoms. The maximum absolute atomic E-state index is 12.4. The van der Waals surface area contributed by atoms with Crippen LogP contribution in [0.3, 0.4) is 0 Å². The molecule has 2 aromatic rings. The summed E-state index contributed by atoms with van der Waals surface area (Å²) in [5.74, 6) is 1.54. The smallest absolute Gasteiger partial charge is 0.233 e. The molecule has 23 heavy (non-hydrogen) atoms. The van der Waals surface area contributed by atoms with Gasteiger partial charge in [-0.25, -0.2) is 9.97 Å². The first kappa shape index (κ1) is 13.6. The number of hydrogen-bond donors (Lipinski definition) is 1. The molecule has 2 aliphatic heterocycles. The van der Waals surface area contributed by atoms with Gasteiger partial charge in [-0.05, 0) is 11.6 Å². The molecule has 6 heteroatoms. The van der Waals surface area contributed by atoms with Gasteiger partial charge < -0.3 is 5.73 Å². The van der Waals surface area contributed by atoms with Crippen LogP contribution in [0.1, 0.15) is 17.0 Å². The highest BCUT2D eigenvalue weighted by Gasteiger charge is 2.32. The summed E-state index contributed by atoms with van der Waals surface area (Å²) in [6.07, 6.45) is 3.86. The van der Waals surface area contributed by atoms with Gasteiger partial charge in [-0.1, -0.05) is 30.3 Å². The third-order valence-electron chi connectivity index (χ3n) is 4.02. The number of carbonyl (C=O) groups excluding carboxylic acids is 1. The largest absolute Gasteiger partial charge is 0.383 e. The highest BCUT2D eigenvalue weighted by molar-refractivity contribution is 6.02. The Morgan fingerprint density at radius 3 is 2.74 bits per heavy atom. The first-order chi connectivity index (χ1) is 11.2. The number of allylic oxidation sites excluding steroid dienone is 1. The molecule has 6 nitrogen and oxygen atoms in total. The van der Waals surface area contributed by atoms with E-state index in [1.54, 1.807) is 11.1 Å². The van der Waals surface area contributed by atoms with Crippen molar-refractivity contribution >= 4 is 29.3 Å². The van der Waals surface area contributed by atoms with Gasteiger partial charge in [0.05, 0.1) is 19.5 Å². The number of amides is 1. The standard InChI is InChI=1S/C17H15N5O/c18-15-13-8-14(23)22(10-11-4-2-1-3-5-11)17(13)21-16(20-15)12-6-7-19-9-12/h1-7H,8-10H2,(H2,18,20,21). The van der Waals surface area contributed by atoms with Crippen LogP contribution in [0, 0.1) is 0 Å². The van der Waals surface area contributed by atoms with Gasteiger partial charge in [0.25, 0.3) is 0 Å². The second-order valence-electron chi connectivity index (χ2n) is 5.56. The summed E-state index contributed by atoms with van der Waals surface area (Å²) in [6.45, 7) is 1.03. The van der Waals surface area contributed by atoms with Crippen molar-refractivity contribution in [2.24, 2.45) is 4.99 Å². The van der Waals surface area contributed by atoms with Gasteiger partial charge in [0.2, 0.25) is 5.91 Å². The number of carbonyl (C=O) groups is 1. The zero-order valence-electron chi connectivity index (χ0n) is 12.4. The number of rotatable bonds is 3. The van der Waals surface area contributed by atoms with Crippen molar-refractivity contribution in [2.45, 2.75) is 13.0 Å². The van der Waals surface area contributed by atoms with Crippen LogP contribution < -0.4 is 10.6 Å². The molecule has 0 saturated heterocycles. The Kier molecular flexibility index (Phi) is 3.15. The molecule has 114 valence electrons. The monoisotopic (exact) mass is 305 g/mol. The molecule has 0 radical (unpaired) electrons. The maximum atomic E-state index is 12.4. The number of benzene rings is 1. The molecule has 2 aliphatic rings. The summed E-state index contributed by atoms with van der Waals surface area (Å²) in [7, 11) is 0. The predicted molar refractivity (Wildman–Crippen MR) is 89.1 cm³/mol. The Hall–Kier alpha value is -3.02. The molecule has 0 bridgehead atoms. The van der Waals surface area contributed by atoms with Crippen LogP contribution in [-0.2, 0) is 17.8 Å². The fourth-order valence-electron chi connectivity index (χ4n) is 2.81. The van der Waals surface area contributed by atoms with Crippen LogP contribution in [0.4, 0.5) is 11.6 Å². The van der Waals surface area contributed by atoms with E-state index in [9.17, 15) is 4.79 Å². The fourth-order valence-corrected chi connectivity index (χ4v) is 2.81. The molecule has 0 aliphatic carbocycles. The Bertz CT molecular complexity index is 842. The van der Waals surface area contributed by atoms with E-state index in [1.165, 1.54) is 0 Å². The normalized spacial score (nSPS) is 15.9. The summed E-state index contributed by atoms with van der Waals surface area (Å²) < 4.78 is 0. The number of nitrogens with two attached hydrogens (primary N) is 1. The topological polar surface area (TPSA) is 84.5 Å².